The first kappa shape index (κ1) is 16.9. The normalized spacial score (nSPS) is 18.6. The zero-order valence-electron chi connectivity index (χ0n) is 14.9. The van der Waals surface area contributed by atoms with Gasteiger partial charge in [-0.25, -0.2) is 4.98 Å². The number of nitrogens with one attached hydrogen (secondary N) is 1. The lowest BCUT2D eigenvalue weighted by Gasteiger charge is -2.34. The van der Waals surface area contributed by atoms with Crippen LogP contribution in [0.1, 0.15) is 41.5 Å². The van der Waals surface area contributed by atoms with Crippen molar-refractivity contribution in [3.05, 3.63) is 57.5 Å². The molecule has 7 nitrogen and oxygen atoms in total. The van der Waals surface area contributed by atoms with Crippen molar-refractivity contribution >= 4 is 5.91 Å². The van der Waals surface area contributed by atoms with Crippen LogP contribution in [0.5, 0.6) is 0 Å². The zero-order valence-corrected chi connectivity index (χ0v) is 14.9. The van der Waals surface area contributed by atoms with E-state index in [1.807, 2.05) is 17.0 Å². The second kappa shape index (κ2) is 6.99. The summed E-state index contributed by atoms with van der Waals surface area (Å²) < 4.78 is 0. The molecule has 7 heteroatoms. The highest BCUT2D eigenvalue weighted by molar-refractivity contribution is 5.83. The average Bonchev–Trinajstić information content (AvgIpc) is 3.16. The fourth-order valence-electron chi connectivity index (χ4n) is 3.97. The molecule has 2 aliphatic rings. The summed E-state index contributed by atoms with van der Waals surface area (Å²) in [6.45, 7) is 4.55. The van der Waals surface area contributed by atoms with Crippen molar-refractivity contribution in [3.8, 4) is 0 Å². The van der Waals surface area contributed by atoms with Crippen LogP contribution in [-0.4, -0.2) is 50.3 Å². The van der Waals surface area contributed by atoms with Crippen LogP contribution in [0.25, 0.3) is 0 Å². The van der Waals surface area contributed by atoms with Crippen molar-refractivity contribution < 1.29 is 4.79 Å². The molecule has 0 aromatic carbocycles. The molecule has 0 saturated carbocycles. The van der Waals surface area contributed by atoms with Crippen LogP contribution in [0.4, 0.5) is 0 Å². The number of aromatic nitrogens is 3. The Morgan fingerprint density at radius 3 is 2.81 bits per heavy atom. The zero-order chi connectivity index (χ0) is 18.1. The highest BCUT2D eigenvalue weighted by Crippen LogP contribution is 2.28. The van der Waals surface area contributed by atoms with Crippen LogP contribution in [0.3, 0.4) is 0 Å². The molecule has 0 aliphatic carbocycles. The number of H-pyrrole nitrogens is 1. The number of fused-ring (bicyclic) bond motifs is 1. The fraction of sp³-hybridized carbons (Fsp3) is 0.474. The first-order chi connectivity index (χ1) is 12.6. The van der Waals surface area contributed by atoms with Gasteiger partial charge in [0.25, 0.3) is 5.56 Å². The molecule has 1 saturated heterocycles. The predicted octanol–water partition coefficient (Wildman–Crippen LogP) is 1.20. The Kier molecular flexibility index (Phi) is 4.55. The van der Waals surface area contributed by atoms with Crippen LogP contribution in [0.15, 0.2) is 29.3 Å². The van der Waals surface area contributed by atoms with Crippen molar-refractivity contribution in [2.45, 2.75) is 38.8 Å². The highest BCUT2D eigenvalue weighted by atomic mass is 16.2. The van der Waals surface area contributed by atoms with Crippen LogP contribution < -0.4 is 5.56 Å². The Labute approximate surface area is 152 Å². The Balaban J connectivity index is 1.63. The monoisotopic (exact) mass is 353 g/mol. The topological polar surface area (TPSA) is 82.2 Å². The third-order valence-electron chi connectivity index (χ3n) is 5.24. The molecule has 136 valence electrons. The number of aromatic amines is 1. The molecule has 1 N–H and O–H groups in total. The number of rotatable bonds is 3. The number of aryl methyl sites for hydroxylation is 1. The summed E-state index contributed by atoms with van der Waals surface area (Å²) in [7, 11) is 0. The van der Waals surface area contributed by atoms with Crippen LogP contribution in [-0.2, 0) is 17.8 Å². The lowest BCUT2D eigenvalue weighted by atomic mass is 10.0. The third-order valence-corrected chi connectivity index (χ3v) is 5.24. The molecule has 0 radical (unpaired) electrons. The third kappa shape index (κ3) is 3.14. The van der Waals surface area contributed by atoms with Crippen molar-refractivity contribution in [2.24, 2.45) is 0 Å². The quantitative estimate of drug-likeness (QED) is 0.896. The molecule has 2 aromatic rings. The average molecular weight is 353 g/mol. The van der Waals surface area contributed by atoms with E-state index < -0.39 is 0 Å². The van der Waals surface area contributed by atoms with E-state index in [4.69, 9.17) is 0 Å². The number of hydrogen-bond donors (Lipinski definition) is 1. The van der Waals surface area contributed by atoms with Gasteiger partial charge >= 0.3 is 0 Å². The second-order valence-electron chi connectivity index (χ2n) is 7.02. The van der Waals surface area contributed by atoms with Gasteiger partial charge in [0.2, 0.25) is 5.91 Å². The van der Waals surface area contributed by atoms with E-state index in [-0.39, 0.29) is 17.5 Å². The van der Waals surface area contributed by atoms with Crippen LogP contribution in [0, 0.1) is 6.92 Å². The van der Waals surface area contributed by atoms with Gasteiger partial charge in [-0.2, -0.15) is 0 Å². The summed E-state index contributed by atoms with van der Waals surface area (Å²) in [5, 5.41) is 0. The number of pyridine rings is 1. The maximum absolute atomic E-state index is 13.4. The summed E-state index contributed by atoms with van der Waals surface area (Å²) in [5.41, 5.74) is 2.28. The fourth-order valence-corrected chi connectivity index (χ4v) is 3.97. The minimum Gasteiger partial charge on any atom is -0.335 e. The molecule has 4 rings (SSSR count). The largest absolute Gasteiger partial charge is 0.335 e. The van der Waals surface area contributed by atoms with E-state index in [9.17, 15) is 9.59 Å². The molecule has 26 heavy (non-hydrogen) atoms. The Bertz CT molecular complexity index is 858. The van der Waals surface area contributed by atoms with Gasteiger partial charge in [0, 0.05) is 24.5 Å². The maximum atomic E-state index is 13.4. The lowest BCUT2D eigenvalue weighted by molar-refractivity contribution is -0.138. The van der Waals surface area contributed by atoms with E-state index >= 15 is 0 Å². The first-order valence-electron chi connectivity index (χ1n) is 9.15. The highest BCUT2D eigenvalue weighted by Gasteiger charge is 2.35. The number of hydrogen-bond acceptors (Lipinski definition) is 5. The standard InChI is InChI=1S/C19H23N5O2/c1-13-21-16-12-24(10-6-15(16)18(25)22-13)19(26)17(23-8-2-3-9-23)14-5-4-7-20-11-14/h4-5,7,11,17H,2-3,6,8-10,12H2,1H3,(H,21,22,25). The Hall–Kier alpha value is -2.54. The van der Waals surface area contributed by atoms with Gasteiger partial charge in [0.15, 0.2) is 0 Å². The number of likely N-dealkylation sites (tertiary alicyclic amines) is 1. The van der Waals surface area contributed by atoms with Gasteiger partial charge in [0.05, 0.1) is 12.2 Å². The Morgan fingerprint density at radius 1 is 1.27 bits per heavy atom. The molecule has 0 spiro atoms. The molecule has 2 aromatic heterocycles. The van der Waals surface area contributed by atoms with E-state index in [1.54, 1.807) is 19.3 Å². The van der Waals surface area contributed by atoms with Gasteiger partial charge in [-0.1, -0.05) is 6.07 Å². The van der Waals surface area contributed by atoms with Gasteiger partial charge in [-0.05, 0) is 50.9 Å². The summed E-state index contributed by atoms with van der Waals surface area (Å²) >= 11 is 0. The Morgan fingerprint density at radius 2 is 2.08 bits per heavy atom. The smallest absolute Gasteiger partial charge is 0.254 e. The molecule has 0 bridgehead atoms. The summed E-state index contributed by atoms with van der Waals surface area (Å²) in [6, 6.07) is 3.54. The summed E-state index contributed by atoms with van der Waals surface area (Å²) in [4.78, 5) is 41.0. The van der Waals surface area contributed by atoms with E-state index in [0.29, 0.717) is 30.9 Å². The van der Waals surface area contributed by atoms with Gasteiger partial charge in [-0.3, -0.25) is 19.5 Å². The van der Waals surface area contributed by atoms with E-state index in [0.717, 1.165) is 37.2 Å². The first-order valence-corrected chi connectivity index (χ1v) is 9.15. The molecular weight excluding hydrogens is 330 g/mol. The number of nitrogens with zero attached hydrogens (tertiary/aromatic N) is 4. The predicted molar refractivity (Wildman–Crippen MR) is 96.5 cm³/mol. The SMILES string of the molecule is Cc1nc2c(c(=O)[nH]1)CCN(C(=O)C(c1cccnc1)N1CCCC1)C2. The number of amides is 1. The summed E-state index contributed by atoms with van der Waals surface area (Å²) in [6.07, 6.45) is 6.28. The molecule has 1 fully saturated rings. The van der Waals surface area contributed by atoms with E-state index in [1.165, 1.54) is 0 Å². The van der Waals surface area contributed by atoms with Crippen LogP contribution >= 0.6 is 0 Å². The summed E-state index contributed by atoms with van der Waals surface area (Å²) in [5.74, 6) is 0.664. The number of carbonyl (C=O) groups is 1. The molecular formula is C19H23N5O2. The van der Waals surface area contributed by atoms with Gasteiger partial charge in [-0.15, -0.1) is 0 Å². The van der Waals surface area contributed by atoms with Crippen molar-refractivity contribution in [3.63, 3.8) is 0 Å². The maximum Gasteiger partial charge on any atom is 0.254 e. The van der Waals surface area contributed by atoms with Crippen molar-refractivity contribution in [1.29, 1.82) is 0 Å². The van der Waals surface area contributed by atoms with Crippen molar-refractivity contribution in [1.82, 2.24) is 24.8 Å². The molecule has 1 atom stereocenters. The second-order valence-corrected chi connectivity index (χ2v) is 7.02. The van der Waals surface area contributed by atoms with Gasteiger partial charge < -0.3 is 9.88 Å². The lowest BCUT2D eigenvalue weighted by Crippen LogP contribution is -2.45. The molecule has 1 amide bonds. The number of carbonyl (C=O) groups excluding carboxylic acids is 1. The molecule has 1 unspecified atom stereocenters. The van der Waals surface area contributed by atoms with Crippen molar-refractivity contribution in [2.75, 3.05) is 19.6 Å². The minimum absolute atomic E-state index is 0.0743. The van der Waals surface area contributed by atoms with Crippen LogP contribution in [0.2, 0.25) is 0 Å². The van der Waals surface area contributed by atoms with E-state index in [2.05, 4.69) is 19.9 Å². The minimum atomic E-state index is -0.309. The molecule has 2 aliphatic heterocycles. The van der Waals surface area contributed by atoms with Gasteiger partial charge in [0.1, 0.15) is 11.9 Å². The molecule has 4 heterocycles.